The smallest absolute Gasteiger partial charge is 0.261 e. The predicted octanol–water partition coefficient (Wildman–Crippen LogP) is 0.620. The Morgan fingerprint density at radius 3 is 2.77 bits per heavy atom. The highest BCUT2D eigenvalue weighted by molar-refractivity contribution is 5.85. The summed E-state index contributed by atoms with van der Waals surface area (Å²) in [6.45, 7) is 6.27. The summed E-state index contributed by atoms with van der Waals surface area (Å²) in [4.78, 5) is 31.0. The average molecular weight is 380 g/mol. The van der Waals surface area contributed by atoms with E-state index in [1.807, 2.05) is 18.2 Å². The fraction of sp³-hybridized carbons (Fsp3) is 0.500. The molecule has 2 heterocycles. The minimum Gasteiger partial charge on any atom is -0.356 e. The molecule has 0 atom stereocenters. The molecule has 0 saturated carbocycles. The van der Waals surface area contributed by atoms with Gasteiger partial charge < -0.3 is 15.5 Å². The number of aromatic nitrogens is 2. The number of rotatable bonds is 7. The zero-order valence-corrected chi connectivity index (χ0v) is 15.6. The van der Waals surface area contributed by atoms with Crippen molar-refractivity contribution < 1.29 is 4.79 Å². The quantitative estimate of drug-likeness (QED) is 0.689. The van der Waals surface area contributed by atoms with Gasteiger partial charge in [0.2, 0.25) is 5.91 Å². The molecule has 7 nitrogen and oxygen atoms in total. The molecule has 8 heteroatoms. The Kier molecular flexibility index (Phi) is 8.03. The van der Waals surface area contributed by atoms with Crippen molar-refractivity contribution in [1.29, 1.82) is 0 Å². The van der Waals surface area contributed by atoms with Crippen LogP contribution < -0.4 is 16.2 Å². The van der Waals surface area contributed by atoms with Crippen molar-refractivity contribution >= 4 is 29.2 Å². The number of nitrogens with zero attached hydrogens (tertiary/aromatic N) is 3. The van der Waals surface area contributed by atoms with Gasteiger partial charge in [-0.1, -0.05) is 12.1 Å². The minimum atomic E-state index is -0.0999. The molecule has 1 saturated heterocycles. The monoisotopic (exact) mass is 379 g/mol. The Balaban J connectivity index is 0.00000243. The normalized spacial score (nSPS) is 14.8. The zero-order valence-electron chi connectivity index (χ0n) is 14.8. The Morgan fingerprint density at radius 2 is 1.96 bits per heavy atom. The number of amides is 1. The van der Waals surface area contributed by atoms with Gasteiger partial charge in [0.25, 0.3) is 5.56 Å². The van der Waals surface area contributed by atoms with Crippen LogP contribution in [0.25, 0.3) is 10.9 Å². The lowest BCUT2D eigenvalue weighted by atomic mass is 10.2. The second kappa shape index (κ2) is 10.3. The summed E-state index contributed by atoms with van der Waals surface area (Å²) in [5.74, 6) is -0.0274. The molecule has 0 bridgehead atoms. The first-order valence-electron chi connectivity index (χ1n) is 8.88. The number of para-hydroxylation sites is 1. The molecule has 1 aromatic heterocycles. The molecule has 142 valence electrons. The maximum absolute atomic E-state index is 12.4. The Bertz CT molecular complexity index is 774. The zero-order chi connectivity index (χ0) is 17.5. The number of carbonyl (C=O) groups is 1. The van der Waals surface area contributed by atoms with Crippen molar-refractivity contribution in [2.45, 2.75) is 19.4 Å². The van der Waals surface area contributed by atoms with Crippen molar-refractivity contribution in [2.24, 2.45) is 0 Å². The van der Waals surface area contributed by atoms with Gasteiger partial charge in [0.15, 0.2) is 0 Å². The third-order valence-corrected chi connectivity index (χ3v) is 4.49. The molecule has 3 rings (SSSR count). The summed E-state index contributed by atoms with van der Waals surface area (Å²) in [5.41, 5.74) is 0.582. The molecular formula is C18H26ClN5O2. The molecule has 26 heavy (non-hydrogen) atoms. The van der Waals surface area contributed by atoms with E-state index in [4.69, 9.17) is 0 Å². The van der Waals surface area contributed by atoms with E-state index in [2.05, 4.69) is 20.5 Å². The van der Waals surface area contributed by atoms with Gasteiger partial charge in [0.05, 0.1) is 17.2 Å². The number of piperazine rings is 1. The lowest BCUT2D eigenvalue weighted by Gasteiger charge is -2.27. The summed E-state index contributed by atoms with van der Waals surface area (Å²) in [7, 11) is 0. The number of carbonyl (C=O) groups excluding carboxylic acids is 1. The van der Waals surface area contributed by atoms with Crippen LogP contribution in [0.3, 0.4) is 0 Å². The Hall–Kier alpha value is -1.96. The Labute approximate surface area is 159 Å². The molecule has 2 aromatic rings. The number of halogens is 1. The summed E-state index contributed by atoms with van der Waals surface area (Å²) in [5, 5.41) is 6.84. The fourth-order valence-electron chi connectivity index (χ4n) is 3.04. The largest absolute Gasteiger partial charge is 0.356 e. The highest BCUT2D eigenvalue weighted by Crippen LogP contribution is 2.04. The van der Waals surface area contributed by atoms with Gasteiger partial charge in [0.1, 0.15) is 0 Å². The van der Waals surface area contributed by atoms with Crippen molar-refractivity contribution in [3.63, 3.8) is 0 Å². The second-order valence-corrected chi connectivity index (χ2v) is 6.31. The van der Waals surface area contributed by atoms with Crippen LogP contribution in [0.1, 0.15) is 12.8 Å². The molecule has 0 aliphatic carbocycles. The van der Waals surface area contributed by atoms with Crippen LogP contribution in [-0.4, -0.2) is 59.6 Å². The van der Waals surface area contributed by atoms with Crippen LogP contribution in [0, 0.1) is 0 Å². The topological polar surface area (TPSA) is 79.3 Å². The molecule has 1 aliphatic rings. The van der Waals surface area contributed by atoms with E-state index < -0.39 is 0 Å². The van der Waals surface area contributed by atoms with Crippen LogP contribution in [0.4, 0.5) is 0 Å². The summed E-state index contributed by atoms with van der Waals surface area (Å²) in [6.07, 6.45) is 2.75. The van der Waals surface area contributed by atoms with Gasteiger partial charge in [-0.05, 0) is 25.1 Å². The highest BCUT2D eigenvalue weighted by atomic mass is 35.5. The van der Waals surface area contributed by atoms with Gasteiger partial charge in [-0.15, -0.1) is 12.4 Å². The molecule has 1 amide bonds. The van der Waals surface area contributed by atoms with Crippen LogP contribution in [0.5, 0.6) is 0 Å². The van der Waals surface area contributed by atoms with E-state index in [9.17, 15) is 9.59 Å². The van der Waals surface area contributed by atoms with E-state index in [-0.39, 0.29) is 30.3 Å². The summed E-state index contributed by atoms with van der Waals surface area (Å²) >= 11 is 0. The molecule has 1 aliphatic heterocycles. The third kappa shape index (κ3) is 5.52. The fourth-order valence-corrected chi connectivity index (χ4v) is 3.04. The van der Waals surface area contributed by atoms with Crippen molar-refractivity contribution in [3.8, 4) is 0 Å². The lowest BCUT2D eigenvalue weighted by Crippen LogP contribution is -2.44. The molecular weight excluding hydrogens is 354 g/mol. The first kappa shape index (κ1) is 20.4. The van der Waals surface area contributed by atoms with E-state index >= 15 is 0 Å². The standard InChI is InChI=1S/C18H25N5O2.ClH/c24-17(20-7-3-10-22-12-8-19-9-13-22)6-11-23-14-21-16-5-2-1-4-15(16)18(23)25;/h1-2,4-5,14,19H,3,6-13H2,(H,20,24);1H. The maximum atomic E-state index is 12.4. The van der Waals surface area contributed by atoms with Gasteiger partial charge in [-0.2, -0.15) is 0 Å². The molecule has 0 spiro atoms. The van der Waals surface area contributed by atoms with E-state index in [1.165, 1.54) is 10.9 Å². The number of benzene rings is 1. The second-order valence-electron chi connectivity index (χ2n) is 6.31. The van der Waals surface area contributed by atoms with Crippen LogP contribution >= 0.6 is 12.4 Å². The van der Waals surface area contributed by atoms with Gasteiger partial charge in [-0.25, -0.2) is 4.98 Å². The molecule has 0 radical (unpaired) electrons. The maximum Gasteiger partial charge on any atom is 0.261 e. The first-order chi connectivity index (χ1) is 12.2. The number of nitrogens with one attached hydrogen (secondary N) is 2. The number of hydrogen-bond donors (Lipinski definition) is 2. The molecule has 1 aromatic carbocycles. The van der Waals surface area contributed by atoms with Crippen LogP contribution in [0.15, 0.2) is 35.4 Å². The lowest BCUT2D eigenvalue weighted by molar-refractivity contribution is -0.121. The SMILES string of the molecule is Cl.O=C(CCn1cnc2ccccc2c1=O)NCCCN1CCNCC1. The minimum absolute atomic E-state index is 0. The number of hydrogen-bond acceptors (Lipinski definition) is 5. The van der Waals surface area contributed by atoms with E-state index in [1.54, 1.807) is 6.07 Å². The van der Waals surface area contributed by atoms with Gasteiger partial charge in [-0.3, -0.25) is 14.2 Å². The molecule has 1 fully saturated rings. The van der Waals surface area contributed by atoms with E-state index in [0.29, 0.717) is 24.0 Å². The summed E-state index contributed by atoms with van der Waals surface area (Å²) in [6, 6.07) is 7.25. The van der Waals surface area contributed by atoms with Crippen LogP contribution in [-0.2, 0) is 11.3 Å². The van der Waals surface area contributed by atoms with Gasteiger partial charge in [0, 0.05) is 45.7 Å². The molecule has 0 unspecified atom stereocenters. The first-order valence-corrected chi connectivity index (χ1v) is 8.88. The Morgan fingerprint density at radius 1 is 1.19 bits per heavy atom. The number of aryl methyl sites for hydroxylation is 1. The molecule has 2 N–H and O–H groups in total. The average Bonchev–Trinajstić information content (AvgIpc) is 2.66. The van der Waals surface area contributed by atoms with Crippen molar-refractivity contribution in [2.75, 3.05) is 39.3 Å². The van der Waals surface area contributed by atoms with Gasteiger partial charge >= 0.3 is 0 Å². The highest BCUT2D eigenvalue weighted by Gasteiger charge is 2.09. The third-order valence-electron chi connectivity index (χ3n) is 4.49. The van der Waals surface area contributed by atoms with E-state index in [0.717, 1.165) is 39.1 Å². The summed E-state index contributed by atoms with van der Waals surface area (Å²) < 4.78 is 1.50. The van der Waals surface area contributed by atoms with Crippen LogP contribution in [0.2, 0.25) is 0 Å². The van der Waals surface area contributed by atoms with Crippen molar-refractivity contribution in [3.05, 3.63) is 40.9 Å². The van der Waals surface area contributed by atoms with Crippen molar-refractivity contribution in [1.82, 2.24) is 25.1 Å². The number of fused-ring (bicyclic) bond motifs is 1. The predicted molar refractivity (Wildman–Crippen MR) is 105 cm³/mol.